The van der Waals surface area contributed by atoms with E-state index >= 15 is 0 Å². The average molecular weight is 519 g/mol. The number of anilines is 2. The molecule has 0 atom stereocenters. The molecule has 0 saturated heterocycles. The van der Waals surface area contributed by atoms with Gasteiger partial charge in [-0.2, -0.15) is 0 Å². The summed E-state index contributed by atoms with van der Waals surface area (Å²) in [6.07, 6.45) is -0.666. The first-order valence-corrected chi connectivity index (χ1v) is 10.7. The molecule has 0 fully saturated rings. The van der Waals surface area contributed by atoms with Gasteiger partial charge >= 0.3 is 6.09 Å². The van der Waals surface area contributed by atoms with Crippen LogP contribution in [0.3, 0.4) is 0 Å². The summed E-state index contributed by atoms with van der Waals surface area (Å²) in [5, 5.41) is 6.92. The number of carbonyl (C=O) groups is 3. The van der Waals surface area contributed by atoms with Gasteiger partial charge in [-0.15, -0.1) is 0 Å². The highest BCUT2D eigenvalue weighted by Gasteiger charge is 2.20. The molecule has 0 saturated carbocycles. The minimum atomic E-state index is -0.686. The third-order valence-electron chi connectivity index (χ3n) is 4.34. The predicted molar refractivity (Wildman–Crippen MR) is 129 cm³/mol. The molecule has 0 aliphatic carbocycles. The van der Waals surface area contributed by atoms with Crippen molar-refractivity contribution in [2.45, 2.75) is 26.4 Å². The van der Waals surface area contributed by atoms with E-state index in [2.05, 4.69) is 26.6 Å². The maximum Gasteiger partial charge on any atom is 0.412 e. The van der Waals surface area contributed by atoms with Gasteiger partial charge in [-0.25, -0.2) is 4.79 Å². The molecule has 0 bridgehead atoms. The van der Waals surface area contributed by atoms with Gasteiger partial charge in [0.2, 0.25) is 0 Å². The lowest BCUT2D eigenvalue weighted by Crippen LogP contribution is -2.27. The van der Waals surface area contributed by atoms with Crippen molar-refractivity contribution in [2.24, 2.45) is 5.73 Å². The van der Waals surface area contributed by atoms with E-state index in [-0.39, 0.29) is 21.8 Å². The molecule has 0 spiro atoms. The Morgan fingerprint density at radius 2 is 1.66 bits per heavy atom. The first-order valence-electron chi connectivity index (χ1n) is 9.57. The Bertz CT molecular complexity index is 1240. The summed E-state index contributed by atoms with van der Waals surface area (Å²) in [7, 11) is 0. The lowest BCUT2D eigenvalue weighted by Gasteiger charge is -2.20. The fourth-order valence-electron chi connectivity index (χ4n) is 3.01. The molecule has 7 nitrogen and oxygen atoms in total. The fourth-order valence-corrected chi connectivity index (χ4v) is 3.58. The molecule has 0 aromatic heterocycles. The highest BCUT2D eigenvalue weighted by Crippen LogP contribution is 2.31. The molecule has 0 aliphatic rings. The van der Waals surface area contributed by atoms with Crippen LogP contribution >= 0.6 is 27.5 Å². The summed E-state index contributed by atoms with van der Waals surface area (Å²) >= 11 is 9.64. The van der Waals surface area contributed by atoms with Gasteiger partial charge in [0.05, 0.1) is 21.8 Å². The standard InChI is InChI=1S/C23H21BrClN3O4/c1-23(2,3)32-22(31)27-14-7-9-18(25)17(11-14)21(30)28-19-15(20(26)29)8-5-12-4-6-13(24)10-16(12)19/h4-11H,1-3H3,(H2,26,29)(H,27,31)(H,28,30). The van der Waals surface area contributed by atoms with Gasteiger partial charge in [0.25, 0.3) is 11.8 Å². The number of nitrogens with one attached hydrogen (secondary N) is 2. The third kappa shape index (κ3) is 5.57. The SMILES string of the molecule is CC(C)(C)OC(=O)Nc1ccc(Cl)c(C(=O)Nc2c(C(N)=O)ccc3ccc(Br)cc23)c1. The molecule has 3 aromatic carbocycles. The first-order chi connectivity index (χ1) is 14.9. The third-order valence-corrected chi connectivity index (χ3v) is 5.17. The van der Waals surface area contributed by atoms with Gasteiger partial charge in [-0.3, -0.25) is 14.9 Å². The molecular weight excluding hydrogens is 498 g/mol. The summed E-state index contributed by atoms with van der Waals surface area (Å²) in [6.45, 7) is 5.23. The zero-order valence-electron chi connectivity index (χ0n) is 17.6. The van der Waals surface area contributed by atoms with E-state index in [9.17, 15) is 14.4 Å². The summed E-state index contributed by atoms with van der Waals surface area (Å²) < 4.78 is 6.00. The van der Waals surface area contributed by atoms with E-state index in [0.29, 0.717) is 11.1 Å². The summed E-state index contributed by atoms with van der Waals surface area (Å²) in [5.74, 6) is -1.26. The van der Waals surface area contributed by atoms with Crippen molar-refractivity contribution in [1.29, 1.82) is 0 Å². The second-order valence-corrected chi connectivity index (χ2v) is 9.32. The van der Waals surface area contributed by atoms with Crippen molar-refractivity contribution in [1.82, 2.24) is 0 Å². The Kier molecular flexibility index (Phi) is 6.76. The van der Waals surface area contributed by atoms with Gasteiger partial charge in [0.15, 0.2) is 0 Å². The number of rotatable bonds is 4. The number of hydrogen-bond donors (Lipinski definition) is 3. The Morgan fingerprint density at radius 1 is 0.969 bits per heavy atom. The molecule has 0 heterocycles. The number of hydrogen-bond acceptors (Lipinski definition) is 4. The monoisotopic (exact) mass is 517 g/mol. The molecule has 166 valence electrons. The van der Waals surface area contributed by atoms with Crippen molar-refractivity contribution < 1.29 is 19.1 Å². The lowest BCUT2D eigenvalue weighted by atomic mass is 10.0. The van der Waals surface area contributed by atoms with Gasteiger partial charge < -0.3 is 15.8 Å². The molecule has 32 heavy (non-hydrogen) atoms. The van der Waals surface area contributed by atoms with Crippen LogP contribution < -0.4 is 16.4 Å². The first kappa shape index (κ1) is 23.6. The van der Waals surface area contributed by atoms with E-state index in [1.54, 1.807) is 45.0 Å². The van der Waals surface area contributed by atoms with Crippen LogP contribution in [-0.4, -0.2) is 23.5 Å². The van der Waals surface area contributed by atoms with Crippen molar-refractivity contribution in [3.8, 4) is 0 Å². The maximum atomic E-state index is 13.1. The molecule has 3 amide bonds. The fraction of sp³-hybridized carbons (Fsp3) is 0.174. The molecule has 3 aromatic rings. The largest absolute Gasteiger partial charge is 0.444 e. The lowest BCUT2D eigenvalue weighted by molar-refractivity contribution is 0.0635. The zero-order chi connectivity index (χ0) is 23.6. The van der Waals surface area contributed by atoms with Crippen LogP contribution in [0, 0.1) is 0 Å². The summed E-state index contributed by atoms with van der Waals surface area (Å²) in [4.78, 5) is 37.2. The molecule has 9 heteroatoms. The minimum Gasteiger partial charge on any atom is -0.444 e. The molecule has 4 N–H and O–H groups in total. The smallest absolute Gasteiger partial charge is 0.412 e. The molecular formula is C23H21BrClN3O4. The Hall–Kier alpha value is -3.10. The number of primary amides is 1. The number of halogens is 2. The van der Waals surface area contributed by atoms with E-state index < -0.39 is 23.5 Å². The van der Waals surface area contributed by atoms with Crippen molar-refractivity contribution >= 4 is 67.6 Å². The number of carbonyl (C=O) groups excluding carboxylic acids is 3. The van der Waals surface area contributed by atoms with Crippen LogP contribution in [-0.2, 0) is 4.74 Å². The topological polar surface area (TPSA) is 111 Å². The van der Waals surface area contributed by atoms with Gasteiger partial charge in [0, 0.05) is 15.5 Å². The van der Waals surface area contributed by atoms with E-state index in [4.69, 9.17) is 22.1 Å². The van der Waals surface area contributed by atoms with Gasteiger partial charge in [0.1, 0.15) is 5.60 Å². The van der Waals surface area contributed by atoms with Crippen LogP contribution in [0.2, 0.25) is 5.02 Å². The molecule has 3 rings (SSSR count). The van der Waals surface area contributed by atoms with Crippen LogP contribution in [0.1, 0.15) is 41.5 Å². The Morgan fingerprint density at radius 3 is 2.31 bits per heavy atom. The van der Waals surface area contributed by atoms with Gasteiger partial charge in [-0.05, 0) is 62.6 Å². The number of ether oxygens (including phenoxy) is 1. The minimum absolute atomic E-state index is 0.0997. The summed E-state index contributed by atoms with van der Waals surface area (Å²) in [6, 6.07) is 13.2. The van der Waals surface area contributed by atoms with Crippen LogP contribution in [0.15, 0.2) is 53.0 Å². The normalized spacial score (nSPS) is 11.2. The number of benzene rings is 3. The van der Waals surface area contributed by atoms with Crippen LogP contribution in [0.4, 0.5) is 16.2 Å². The number of nitrogens with two attached hydrogens (primary N) is 1. The number of amides is 3. The molecule has 0 unspecified atom stereocenters. The summed E-state index contributed by atoms with van der Waals surface area (Å²) in [5.41, 5.74) is 5.70. The number of fused-ring (bicyclic) bond motifs is 1. The average Bonchev–Trinajstić information content (AvgIpc) is 2.68. The Labute approximate surface area is 198 Å². The second-order valence-electron chi connectivity index (χ2n) is 7.99. The van der Waals surface area contributed by atoms with E-state index in [1.165, 1.54) is 12.1 Å². The van der Waals surface area contributed by atoms with Crippen molar-refractivity contribution in [2.75, 3.05) is 10.6 Å². The molecule has 0 aliphatic heterocycles. The van der Waals surface area contributed by atoms with Crippen molar-refractivity contribution in [3.05, 3.63) is 69.2 Å². The highest BCUT2D eigenvalue weighted by molar-refractivity contribution is 9.10. The molecule has 0 radical (unpaired) electrons. The van der Waals surface area contributed by atoms with Crippen LogP contribution in [0.5, 0.6) is 0 Å². The Balaban J connectivity index is 1.96. The maximum absolute atomic E-state index is 13.1. The quantitative estimate of drug-likeness (QED) is 0.396. The highest BCUT2D eigenvalue weighted by atomic mass is 79.9. The van der Waals surface area contributed by atoms with Crippen molar-refractivity contribution in [3.63, 3.8) is 0 Å². The van der Waals surface area contributed by atoms with Gasteiger partial charge in [-0.1, -0.05) is 39.7 Å². The van der Waals surface area contributed by atoms with Crippen LogP contribution in [0.25, 0.3) is 10.8 Å². The second kappa shape index (κ2) is 9.18. The van der Waals surface area contributed by atoms with E-state index in [0.717, 1.165) is 9.86 Å². The predicted octanol–water partition coefficient (Wildman–Crippen LogP) is 5.95. The van der Waals surface area contributed by atoms with E-state index in [1.807, 2.05) is 12.1 Å². The zero-order valence-corrected chi connectivity index (χ0v) is 19.9.